The Morgan fingerprint density at radius 1 is 0.750 bits per heavy atom. The Balaban J connectivity index is 1.72. The second-order valence-electron chi connectivity index (χ2n) is 8.06. The molecule has 0 amide bonds. The Morgan fingerprint density at radius 2 is 1.50 bits per heavy atom. The summed E-state index contributed by atoms with van der Waals surface area (Å²) in [5.74, 6) is 0. The number of hydrogen-bond donors (Lipinski definition) is 0. The molecule has 1 aliphatic rings. The Hall–Kier alpha value is -3.26. The van der Waals surface area contributed by atoms with Gasteiger partial charge < -0.3 is 0 Å². The van der Waals surface area contributed by atoms with Crippen LogP contribution in [0.15, 0.2) is 90.1 Å². The van der Waals surface area contributed by atoms with E-state index in [1.165, 1.54) is 22.3 Å². The fourth-order valence-electron chi connectivity index (χ4n) is 4.14. The van der Waals surface area contributed by atoms with Crippen LogP contribution >= 0.6 is 0 Å². The average Bonchev–Trinajstić information content (AvgIpc) is 2.72. The Kier molecular flexibility index (Phi) is 3.87. The third-order valence-electron chi connectivity index (χ3n) is 5.40. The number of nitrogens with zero attached hydrogens (tertiary/aromatic N) is 2. The average molecular weight is 362 g/mol. The van der Waals surface area contributed by atoms with Gasteiger partial charge in [-0.3, -0.25) is 9.98 Å². The fourth-order valence-corrected chi connectivity index (χ4v) is 4.14. The summed E-state index contributed by atoms with van der Waals surface area (Å²) in [5, 5.41) is 1.15. The number of pyridine rings is 1. The van der Waals surface area contributed by atoms with Crippen molar-refractivity contribution in [1.82, 2.24) is 4.98 Å². The monoisotopic (exact) mass is 362 g/mol. The molecule has 5 rings (SSSR count). The smallest absolute Gasteiger partial charge is 0.0744 e. The van der Waals surface area contributed by atoms with E-state index in [2.05, 4.69) is 85.6 Å². The molecule has 28 heavy (non-hydrogen) atoms. The van der Waals surface area contributed by atoms with Gasteiger partial charge in [0.1, 0.15) is 0 Å². The molecule has 2 heteroatoms. The Labute approximate surface area is 165 Å². The van der Waals surface area contributed by atoms with Crippen LogP contribution in [-0.4, -0.2) is 16.2 Å². The van der Waals surface area contributed by atoms with Crippen LogP contribution in [0, 0.1) is 0 Å². The van der Waals surface area contributed by atoms with Gasteiger partial charge in [0.05, 0.1) is 16.8 Å². The summed E-state index contributed by atoms with van der Waals surface area (Å²) in [4.78, 5) is 9.82. The molecule has 0 aliphatic carbocycles. The van der Waals surface area contributed by atoms with E-state index >= 15 is 0 Å². The maximum atomic E-state index is 5.14. The molecule has 1 aliphatic heterocycles. The topological polar surface area (TPSA) is 25.2 Å². The normalized spacial score (nSPS) is 15.1. The van der Waals surface area contributed by atoms with Crippen molar-refractivity contribution in [2.45, 2.75) is 25.8 Å². The molecule has 0 unspecified atom stereocenters. The number of benzene rings is 3. The molecule has 0 N–H and O–H groups in total. The molecular weight excluding hydrogens is 340 g/mol. The van der Waals surface area contributed by atoms with E-state index < -0.39 is 0 Å². The van der Waals surface area contributed by atoms with Gasteiger partial charge in [-0.25, -0.2) is 0 Å². The predicted octanol–water partition coefficient (Wildman–Crippen LogP) is 6.07. The van der Waals surface area contributed by atoms with Crippen LogP contribution in [0.4, 0.5) is 0 Å². The third-order valence-corrected chi connectivity index (χ3v) is 5.40. The lowest BCUT2D eigenvalue weighted by molar-refractivity contribution is 0.514. The van der Waals surface area contributed by atoms with Crippen LogP contribution < -0.4 is 0 Å². The van der Waals surface area contributed by atoms with Gasteiger partial charge >= 0.3 is 0 Å². The first-order valence-corrected chi connectivity index (χ1v) is 9.73. The fraction of sp³-hybridized carbons (Fsp3) is 0.154. The van der Waals surface area contributed by atoms with Gasteiger partial charge in [0.2, 0.25) is 0 Å². The summed E-state index contributed by atoms with van der Waals surface area (Å²) in [6, 6.07) is 27.7. The Morgan fingerprint density at radius 3 is 2.36 bits per heavy atom. The maximum Gasteiger partial charge on any atom is 0.0744 e. The molecule has 1 aromatic heterocycles. The molecular formula is C26H22N2. The van der Waals surface area contributed by atoms with E-state index in [1.807, 2.05) is 18.3 Å². The summed E-state index contributed by atoms with van der Waals surface area (Å²) < 4.78 is 0. The summed E-state index contributed by atoms with van der Waals surface area (Å²) in [7, 11) is 0. The van der Waals surface area contributed by atoms with Crippen molar-refractivity contribution < 1.29 is 0 Å². The molecule has 0 bridgehead atoms. The van der Waals surface area contributed by atoms with Crippen molar-refractivity contribution in [1.29, 1.82) is 0 Å². The SMILES string of the molecule is CC1(C)Cc2c(cccc2-c2ccccc2)C(c2cnc3ccccc3c2)=N1. The lowest BCUT2D eigenvalue weighted by Gasteiger charge is -2.31. The molecule has 0 atom stereocenters. The molecule has 0 radical (unpaired) electrons. The van der Waals surface area contributed by atoms with Crippen LogP contribution in [0.2, 0.25) is 0 Å². The first-order chi connectivity index (χ1) is 13.6. The van der Waals surface area contributed by atoms with Gasteiger partial charge in [0.15, 0.2) is 0 Å². The minimum atomic E-state index is -0.154. The first kappa shape index (κ1) is 16.9. The Bertz CT molecular complexity index is 1200. The van der Waals surface area contributed by atoms with Gasteiger partial charge in [-0.15, -0.1) is 0 Å². The van der Waals surface area contributed by atoms with Gasteiger partial charge in [-0.2, -0.15) is 0 Å². The number of para-hydroxylation sites is 1. The number of aliphatic imine (C=N–C) groups is 1. The van der Waals surface area contributed by atoms with Crippen molar-refractivity contribution in [3.63, 3.8) is 0 Å². The van der Waals surface area contributed by atoms with Crippen molar-refractivity contribution in [3.05, 3.63) is 102 Å². The third kappa shape index (κ3) is 2.91. The minimum Gasteiger partial charge on any atom is -0.278 e. The zero-order valence-corrected chi connectivity index (χ0v) is 16.2. The molecule has 2 nitrogen and oxygen atoms in total. The van der Waals surface area contributed by atoms with E-state index in [4.69, 9.17) is 4.99 Å². The van der Waals surface area contributed by atoms with Crippen LogP contribution in [0.25, 0.3) is 22.0 Å². The number of aromatic nitrogens is 1. The van der Waals surface area contributed by atoms with Crippen LogP contribution in [0.3, 0.4) is 0 Å². The van der Waals surface area contributed by atoms with Crippen LogP contribution in [-0.2, 0) is 6.42 Å². The standard InChI is InChI=1S/C26H22N2/c1-26(2)16-23-21(18-9-4-3-5-10-18)12-8-13-22(23)25(28-26)20-15-19-11-6-7-14-24(19)27-17-20/h3-15,17H,16H2,1-2H3. The van der Waals surface area contributed by atoms with Gasteiger partial charge in [0.25, 0.3) is 0 Å². The molecule has 0 saturated carbocycles. The molecule has 0 saturated heterocycles. The first-order valence-electron chi connectivity index (χ1n) is 9.73. The summed E-state index contributed by atoms with van der Waals surface area (Å²) in [6.07, 6.45) is 2.89. The highest BCUT2D eigenvalue weighted by Gasteiger charge is 2.29. The van der Waals surface area contributed by atoms with Gasteiger partial charge in [-0.1, -0.05) is 66.7 Å². The summed E-state index contributed by atoms with van der Waals surface area (Å²) in [6.45, 7) is 4.43. The van der Waals surface area contributed by atoms with Crippen LogP contribution in [0.5, 0.6) is 0 Å². The highest BCUT2D eigenvalue weighted by Crippen LogP contribution is 2.36. The molecule has 136 valence electrons. The number of fused-ring (bicyclic) bond motifs is 2. The van der Waals surface area contributed by atoms with Crippen LogP contribution in [0.1, 0.15) is 30.5 Å². The summed E-state index contributed by atoms with van der Waals surface area (Å²) in [5.41, 5.74) is 8.13. The largest absolute Gasteiger partial charge is 0.278 e. The molecule has 2 heterocycles. The number of hydrogen-bond acceptors (Lipinski definition) is 2. The zero-order valence-electron chi connectivity index (χ0n) is 16.2. The van der Waals surface area contributed by atoms with Crippen molar-refractivity contribution in [3.8, 4) is 11.1 Å². The quantitative estimate of drug-likeness (QED) is 0.424. The molecule has 4 aromatic rings. The highest BCUT2D eigenvalue weighted by molar-refractivity contribution is 6.16. The number of rotatable bonds is 2. The second kappa shape index (κ2) is 6.42. The van der Waals surface area contributed by atoms with E-state index in [9.17, 15) is 0 Å². The van der Waals surface area contributed by atoms with Crippen molar-refractivity contribution >= 4 is 16.6 Å². The minimum absolute atomic E-state index is 0.154. The highest BCUT2D eigenvalue weighted by atomic mass is 14.9. The lowest BCUT2D eigenvalue weighted by atomic mass is 9.81. The zero-order chi connectivity index (χ0) is 19.1. The maximum absolute atomic E-state index is 5.14. The van der Waals surface area contributed by atoms with E-state index in [0.29, 0.717) is 0 Å². The molecule has 0 fully saturated rings. The van der Waals surface area contributed by atoms with Gasteiger partial charge in [0, 0.05) is 22.7 Å². The molecule has 3 aromatic carbocycles. The van der Waals surface area contributed by atoms with Crippen molar-refractivity contribution in [2.24, 2.45) is 4.99 Å². The van der Waals surface area contributed by atoms with Crippen molar-refractivity contribution in [2.75, 3.05) is 0 Å². The van der Waals surface area contributed by atoms with E-state index in [-0.39, 0.29) is 5.54 Å². The summed E-state index contributed by atoms with van der Waals surface area (Å²) >= 11 is 0. The predicted molar refractivity (Wildman–Crippen MR) is 117 cm³/mol. The second-order valence-corrected chi connectivity index (χ2v) is 8.06. The van der Waals surface area contributed by atoms with E-state index in [0.717, 1.165) is 28.6 Å². The van der Waals surface area contributed by atoms with Gasteiger partial charge in [-0.05, 0) is 49.1 Å². The lowest BCUT2D eigenvalue weighted by Crippen LogP contribution is -2.30. The molecule has 0 spiro atoms. The van der Waals surface area contributed by atoms with E-state index in [1.54, 1.807) is 0 Å².